The zero-order valence-corrected chi connectivity index (χ0v) is 22.4. The van der Waals surface area contributed by atoms with E-state index in [4.69, 9.17) is 0 Å². The van der Waals surface area contributed by atoms with Crippen LogP contribution in [0.25, 0.3) is 0 Å². The van der Waals surface area contributed by atoms with Gasteiger partial charge in [-0.3, -0.25) is 14.6 Å². The zero-order chi connectivity index (χ0) is 28.8. The first-order valence-electron chi connectivity index (χ1n) is 13.9. The van der Waals surface area contributed by atoms with E-state index in [0.717, 1.165) is 50.8 Å². The summed E-state index contributed by atoms with van der Waals surface area (Å²) in [5.41, 5.74) is 1.11. The van der Waals surface area contributed by atoms with Crippen molar-refractivity contribution in [2.24, 2.45) is 11.8 Å². The van der Waals surface area contributed by atoms with E-state index in [0.29, 0.717) is 37.2 Å². The van der Waals surface area contributed by atoms with E-state index in [1.54, 1.807) is 6.92 Å². The van der Waals surface area contributed by atoms with E-state index in [-0.39, 0.29) is 24.1 Å². The number of fused-ring (bicyclic) bond motifs is 1. The van der Waals surface area contributed by atoms with E-state index < -0.39 is 35.4 Å². The summed E-state index contributed by atoms with van der Waals surface area (Å²) in [6, 6.07) is 8.27. The van der Waals surface area contributed by atoms with Gasteiger partial charge in [-0.2, -0.15) is 26.3 Å². The second-order valence-corrected chi connectivity index (χ2v) is 11.6. The molecule has 0 amide bonds. The van der Waals surface area contributed by atoms with Gasteiger partial charge in [-0.05, 0) is 97.5 Å². The molecule has 4 nitrogen and oxygen atoms in total. The Labute approximate surface area is 230 Å². The molecule has 3 aliphatic rings. The van der Waals surface area contributed by atoms with E-state index in [1.807, 2.05) is 4.90 Å². The molecule has 218 valence electrons. The highest BCUT2D eigenvalue weighted by molar-refractivity contribution is 5.71. The van der Waals surface area contributed by atoms with Gasteiger partial charge >= 0.3 is 18.3 Å². The summed E-state index contributed by atoms with van der Waals surface area (Å²) in [5, 5.41) is 9.64. The number of halogens is 6. The van der Waals surface area contributed by atoms with Crippen molar-refractivity contribution in [2.75, 3.05) is 19.6 Å². The zero-order valence-electron chi connectivity index (χ0n) is 22.4. The topological polar surface area (TPSA) is 43.8 Å². The molecule has 1 saturated carbocycles. The number of hydrogen-bond donors (Lipinski definition) is 1. The van der Waals surface area contributed by atoms with Crippen LogP contribution in [-0.2, 0) is 36.7 Å². The summed E-state index contributed by atoms with van der Waals surface area (Å²) in [7, 11) is 0. The normalized spacial score (nSPS) is 21.2. The summed E-state index contributed by atoms with van der Waals surface area (Å²) in [5.74, 6) is -0.832. The van der Waals surface area contributed by atoms with Crippen LogP contribution in [0, 0.1) is 11.8 Å². The molecule has 2 atom stereocenters. The van der Waals surface area contributed by atoms with Gasteiger partial charge in [-0.1, -0.05) is 25.1 Å². The molecule has 2 fully saturated rings. The predicted octanol–water partition coefficient (Wildman–Crippen LogP) is 6.96. The van der Waals surface area contributed by atoms with Crippen molar-refractivity contribution in [2.45, 2.75) is 76.4 Å². The lowest BCUT2D eigenvalue weighted by Crippen LogP contribution is -2.46. The molecule has 40 heavy (non-hydrogen) atoms. The number of alkyl halides is 6. The van der Waals surface area contributed by atoms with Gasteiger partial charge in [0.05, 0.1) is 17.0 Å². The van der Waals surface area contributed by atoms with Gasteiger partial charge in [0, 0.05) is 25.7 Å². The lowest BCUT2D eigenvalue weighted by atomic mass is 9.81. The number of carboxylic acids is 1. The molecule has 0 radical (unpaired) electrons. The Balaban J connectivity index is 1.24. The molecule has 1 N–H and O–H groups in total. The van der Waals surface area contributed by atoms with E-state index in [2.05, 4.69) is 23.1 Å². The first-order valence-corrected chi connectivity index (χ1v) is 13.9. The summed E-state index contributed by atoms with van der Waals surface area (Å²) in [6.07, 6.45) is -5.02. The van der Waals surface area contributed by atoms with Gasteiger partial charge in [0.25, 0.3) is 0 Å². The van der Waals surface area contributed by atoms with Crippen LogP contribution >= 0.6 is 0 Å². The Morgan fingerprint density at radius 2 is 1.62 bits per heavy atom. The van der Waals surface area contributed by atoms with Gasteiger partial charge in [-0.25, -0.2) is 0 Å². The number of rotatable bonds is 7. The van der Waals surface area contributed by atoms with Crippen LogP contribution in [0.1, 0.15) is 71.9 Å². The minimum atomic E-state index is -4.72. The van der Waals surface area contributed by atoms with Crippen LogP contribution in [0.2, 0.25) is 0 Å². The van der Waals surface area contributed by atoms with Gasteiger partial charge in [-0.15, -0.1) is 0 Å². The van der Waals surface area contributed by atoms with Crippen LogP contribution < -0.4 is 0 Å². The summed E-state index contributed by atoms with van der Waals surface area (Å²) >= 11 is 0. The number of benzene rings is 2. The number of likely N-dealkylation sites (tertiary alicyclic amines) is 1. The van der Waals surface area contributed by atoms with Crippen LogP contribution in [0.4, 0.5) is 26.3 Å². The van der Waals surface area contributed by atoms with Gasteiger partial charge in [0.15, 0.2) is 0 Å². The summed E-state index contributed by atoms with van der Waals surface area (Å²) < 4.78 is 80.2. The first kappa shape index (κ1) is 28.9. The molecule has 2 aliphatic heterocycles. The van der Waals surface area contributed by atoms with E-state index >= 15 is 0 Å². The smallest absolute Gasteiger partial charge is 0.416 e. The average Bonchev–Trinajstić information content (AvgIpc) is 3.73. The monoisotopic (exact) mass is 568 g/mol. The molecule has 1 aliphatic carbocycles. The SMILES string of the molecule is CC(C(=O)O)C(c1ccc2c(c1)CN(C1CCN(Cc3cc(C(F)(F)F)ccc3C(F)(F)F)CC1)CC2)C1CC1. The highest BCUT2D eigenvalue weighted by atomic mass is 19.4. The second-order valence-electron chi connectivity index (χ2n) is 11.6. The Kier molecular flexibility index (Phi) is 7.96. The molecule has 2 aromatic carbocycles. The number of piperidine rings is 1. The summed E-state index contributed by atoms with van der Waals surface area (Å²) in [6.45, 7) is 4.20. The van der Waals surface area contributed by atoms with Crippen molar-refractivity contribution < 1.29 is 36.2 Å². The van der Waals surface area contributed by atoms with E-state index in [1.165, 1.54) is 11.1 Å². The van der Waals surface area contributed by atoms with Crippen molar-refractivity contribution in [3.63, 3.8) is 0 Å². The standard InChI is InChI=1S/C30H34F6N2O2/c1-18(28(39)40)27(20-3-4-20)21-5-2-19-8-13-38(17-22(19)14-21)25-9-11-37(12-10-25)16-23-15-24(29(31,32)33)6-7-26(23)30(34,35)36/h2,5-7,14-15,18,20,25,27H,3-4,8-13,16-17H2,1H3,(H,39,40). The van der Waals surface area contributed by atoms with Crippen LogP contribution in [0.3, 0.4) is 0 Å². The maximum Gasteiger partial charge on any atom is 0.416 e. The van der Waals surface area contributed by atoms with Crippen molar-refractivity contribution >= 4 is 5.97 Å². The number of hydrogen-bond acceptors (Lipinski definition) is 3. The largest absolute Gasteiger partial charge is 0.481 e. The molecule has 1 saturated heterocycles. The average molecular weight is 569 g/mol. The van der Waals surface area contributed by atoms with Gasteiger partial charge in [0.2, 0.25) is 0 Å². The molecule has 10 heteroatoms. The highest BCUT2D eigenvalue weighted by Gasteiger charge is 2.40. The van der Waals surface area contributed by atoms with Gasteiger partial charge < -0.3 is 5.11 Å². The fourth-order valence-electron chi connectivity index (χ4n) is 6.56. The predicted molar refractivity (Wildman–Crippen MR) is 138 cm³/mol. The molecule has 0 aromatic heterocycles. The van der Waals surface area contributed by atoms with Crippen LogP contribution in [0.15, 0.2) is 36.4 Å². The Morgan fingerprint density at radius 1 is 0.925 bits per heavy atom. The van der Waals surface area contributed by atoms with Crippen molar-refractivity contribution in [1.29, 1.82) is 0 Å². The second kappa shape index (κ2) is 11.0. The van der Waals surface area contributed by atoms with Crippen molar-refractivity contribution in [3.8, 4) is 0 Å². The maximum absolute atomic E-state index is 13.5. The number of carbonyl (C=O) groups is 1. The molecule has 5 rings (SSSR count). The molecule has 0 spiro atoms. The fourth-order valence-corrected chi connectivity index (χ4v) is 6.56. The van der Waals surface area contributed by atoms with Gasteiger partial charge in [0.1, 0.15) is 0 Å². The molecule has 2 unspecified atom stereocenters. The number of nitrogens with zero attached hydrogens (tertiary/aromatic N) is 2. The Bertz CT molecular complexity index is 1230. The number of carboxylic acid groups (broad SMARTS) is 1. The quantitative estimate of drug-likeness (QED) is 0.367. The minimum Gasteiger partial charge on any atom is -0.481 e. The minimum absolute atomic E-state index is 0.00106. The Morgan fingerprint density at radius 3 is 2.23 bits per heavy atom. The Hall–Kier alpha value is -2.59. The molecular weight excluding hydrogens is 534 g/mol. The lowest BCUT2D eigenvalue weighted by Gasteiger charge is -2.41. The molecular formula is C30H34F6N2O2. The third kappa shape index (κ3) is 6.33. The third-order valence-electron chi connectivity index (χ3n) is 8.92. The van der Waals surface area contributed by atoms with E-state index in [9.17, 15) is 36.2 Å². The number of aliphatic carboxylic acids is 1. The van der Waals surface area contributed by atoms with Crippen LogP contribution in [0.5, 0.6) is 0 Å². The van der Waals surface area contributed by atoms with Crippen molar-refractivity contribution in [3.05, 3.63) is 69.8 Å². The maximum atomic E-state index is 13.5. The molecule has 0 bridgehead atoms. The summed E-state index contributed by atoms with van der Waals surface area (Å²) in [4.78, 5) is 15.9. The molecule has 2 heterocycles. The first-order chi connectivity index (χ1) is 18.8. The van der Waals surface area contributed by atoms with Crippen molar-refractivity contribution in [1.82, 2.24) is 9.80 Å². The fraction of sp³-hybridized carbons (Fsp3) is 0.567. The lowest BCUT2D eigenvalue weighted by molar-refractivity contribution is -0.142. The molecule has 2 aromatic rings. The highest BCUT2D eigenvalue weighted by Crippen LogP contribution is 2.47. The third-order valence-corrected chi connectivity index (χ3v) is 8.92. The van der Waals surface area contributed by atoms with Crippen LogP contribution in [-0.4, -0.2) is 46.6 Å².